The Balaban J connectivity index is 1.62. The van der Waals surface area contributed by atoms with Crippen LogP contribution in [0.1, 0.15) is 27.5 Å². The van der Waals surface area contributed by atoms with Crippen molar-refractivity contribution >= 4 is 34.8 Å². The third-order valence-electron chi connectivity index (χ3n) is 7.19. The van der Waals surface area contributed by atoms with Crippen molar-refractivity contribution in [2.75, 3.05) is 16.9 Å². The number of non-ortho nitro benzene ring substituents is 1. The maximum Gasteiger partial charge on any atom is 0.269 e. The van der Waals surface area contributed by atoms with Crippen LogP contribution in [0.5, 0.6) is 0 Å². The van der Waals surface area contributed by atoms with Crippen LogP contribution in [0.3, 0.4) is 0 Å². The lowest BCUT2D eigenvalue weighted by atomic mass is 9.70. The molecule has 1 aromatic heterocycles. The highest BCUT2D eigenvalue weighted by Crippen LogP contribution is 2.61. The summed E-state index contributed by atoms with van der Waals surface area (Å²) in [7, 11) is 0. The van der Waals surface area contributed by atoms with Crippen molar-refractivity contribution in [3.63, 3.8) is 0 Å². The van der Waals surface area contributed by atoms with Crippen LogP contribution in [-0.2, 0) is 10.3 Å². The van der Waals surface area contributed by atoms with Gasteiger partial charge >= 0.3 is 0 Å². The molecule has 0 radical (unpaired) electrons. The van der Waals surface area contributed by atoms with Gasteiger partial charge in [-0.3, -0.25) is 29.6 Å². The van der Waals surface area contributed by atoms with Gasteiger partial charge in [-0.1, -0.05) is 36.4 Å². The number of hydrogen-bond acceptors (Lipinski definition) is 7. The Hall–Kier alpha value is -3.56. The molecule has 3 aromatic rings. The molecule has 4 atom stereocenters. The average Bonchev–Trinajstić information content (AvgIpc) is 3.52. The molecule has 170 valence electrons. The Morgan fingerprint density at radius 1 is 1.15 bits per heavy atom. The van der Waals surface area contributed by atoms with Crippen LogP contribution in [0.2, 0.25) is 0 Å². The van der Waals surface area contributed by atoms with E-state index in [0.29, 0.717) is 17.1 Å². The third kappa shape index (κ3) is 2.80. The number of fused-ring (bicyclic) bond motifs is 4. The fourth-order valence-electron chi connectivity index (χ4n) is 5.92. The lowest BCUT2D eigenvalue weighted by molar-refractivity contribution is -0.384. The van der Waals surface area contributed by atoms with Gasteiger partial charge in [0.05, 0.1) is 10.8 Å². The Bertz CT molecular complexity index is 1330. The number of nitrogens with one attached hydrogen (secondary N) is 1. The maximum absolute atomic E-state index is 14.2. The minimum Gasteiger partial charge on any atom is -0.324 e. The Morgan fingerprint density at radius 2 is 1.97 bits per heavy atom. The molecule has 1 N–H and O–H groups in total. The van der Waals surface area contributed by atoms with Crippen LogP contribution in [-0.4, -0.2) is 44.2 Å². The fourth-order valence-corrected chi connectivity index (χ4v) is 7.24. The number of ketones is 1. The van der Waals surface area contributed by atoms with E-state index in [1.165, 1.54) is 6.07 Å². The van der Waals surface area contributed by atoms with Gasteiger partial charge in [-0.2, -0.15) is 0 Å². The van der Waals surface area contributed by atoms with E-state index in [4.69, 9.17) is 0 Å². The van der Waals surface area contributed by atoms with Gasteiger partial charge in [-0.25, -0.2) is 0 Å². The molecule has 3 aliphatic heterocycles. The molecule has 2 fully saturated rings. The summed E-state index contributed by atoms with van der Waals surface area (Å²) in [4.78, 5) is 45.6. The van der Waals surface area contributed by atoms with Crippen molar-refractivity contribution in [3.8, 4) is 0 Å². The molecule has 3 aliphatic rings. The molecular formula is C25H20N4O4S. The van der Waals surface area contributed by atoms with Crippen LogP contribution in [0.4, 0.5) is 11.4 Å². The Kier molecular flexibility index (Phi) is 4.79. The quantitative estimate of drug-likeness (QED) is 0.350. The van der Waals surface area contributed by atoms with Gasteiger partial charge in [0, 0.05) is 53.2 Å². The van der Waals surface area contributed by atoms with Crippen LogP contribution < -0.4 is 5.32 Å². The van der Waals surface area contributed by atoms with E-state index in [1.54, 1.807) is 48.3 Å². The largest absolute Gasteiger partial charge is 0.324 e. The second-order valence-electron chi connectivity index (χ2n) is 8.74. The molecular weight excluding hydrogens is 452 g/mol. The normalized spacial score (nSPS) is 27.4. The van der Waals surface area contributed by atoms with Crippen LogP contribution >= 0.6 is 11.8 Å². The number of Topliss-reactive ketones (excluding diaryl/α,β-unsaturated/α-hetero) is 1. The average molecular weight is 473 g/mol. The highest BCUT2D eigenvalue weighted by Gasteiger charge is 2.69. The summed E-state index contributed by atoms with van der Waals surface area (Å²) in [5.41, 5.74) is 1.20. The molecule has 0 aliphatic carbocycles. The molecule has 2 aromatic carbocycles. The first kappa shape index (κ1) is 21.0. The van der Waals surface area contributed by atoms with Crippen molar-refractivity contribution in [1.29, 1.82) is 0 Å². The number of rotatable bonds is 4. The van der Waals surface area contributed by atoms with Crippen molar-refractivity contribution in [1.82, 2.24) is 9.88 Å². The molecule has 0 bridgehead atoms. The molecule has 1 spiro atoms. The number of amides is 1. The molecule has 0 saturated carbocycles. The second kappa shape index (κ2) is 7.75. The third-order valence-corrected chi connectivity index (χ3v) is 8.23. The lowest BCUT2D eigenvalue weighted by Crippen LogP contribution is -2.52. The minimum atomic E-state index is -1.21. The SMILES string of the molecule is O=C(c1ccccn1)[C@H]1[C@H](c2cccc([N+](=O)[O-])c2)[C@H]2CSCN2[C@@]12C(=O)Nc1ccccc12. The van der Waals surface area contributed by atoms with Crippen molar-refractivity contribution in [2.24, 2.45) is 5.92 Å². The van der Waals surface area contributed by atoms with Gasteiger partial charge in [0.2, 0.25) is 5.91 Å². The number of benzene rings is 2. The summed E-state index contributed by atoms with van der Waals surface area (Å²) in [5.74, 6) is -0.368. The molecule has 8 nitrogen and oxygen atoms in total. The first-order valence-electron chi connectivity index (χ1n) is 11.0. The number of para-hydroxylation sites is 1. The van der Waals surface area contributed by atoms with Gasteiger partial charge in [0.25, 0.3) is 5.69 Å². The molecule has 34 heavy (non-hydrogen) atoms. The summed E-state index contributed by atoms with van der Waals surface area (Å²) in [6, 6.07) is 19.0. The van der Waals surface area contributed by atoms with Crippen LogP contribution in [0.15, 0.2) is 72.9 Å². The first-order chi connectivity index (χ1) is 16.5. The number of nitrogens with zero attached hydrogens (tertiary/aromatic N) is 3. The zero-order valence-corrected chi connectivity index (χ0v) is 18.8. The smallest absolute Gasteiger partial charge is 0.269 e. The summed E-state index contributed by atoms with van der Waals surface area (Å²) in [6.45, 7) is 0. The van der Waals surface area contributed by atoms with E-state index in [9.17, 15) is 19.7 Å². The number of carbonyl (C=O) groups excluding carboxylic acids is 2. The predicted molar refractivity (Wildman–Crippen MR) is 128 cm³/mol. The maximum atomic E-state index is 14.2. The summed E-state index contributed by atoms with van der Waals surface area (Å²) < 4.78 is 0. The van der Waals surface area contributed by atoms with E-state index in [-0.39, 0.29) is 29.1 Å². The summed E-state index contributed by atoms with van der Waals surface area (Å²) in [6.07, 6.45) is 1.57. The van der Waals surface area contributed by atoms with Crippen molar-refractivity contribution in [3.05, 3.63) is 99.9 Å². The van der Waals surface area contributed by atoms with Crippen molar-refractivity contribution < 1.29 is 14.5 Å². The number of pyridine rings is 1. The highest BCUT2D eigenvalue weighted by molar-refractivity contribution is 7.99. The monoisotopic (exact) mass is 472 g/mol. The number of thioether (sulfide) groups is 1. The van der Waals surface area contributed by atoms with Gasteiger partial charge in [0.15, 0.2) is 5.78 Å². The number of anilines is 1. The van der Waals surface area contributed by atoms with Crippen LogP contribution in [0, 0.1) is 16.0 Å². The zero-order chi connectivity index (χ0) is 23.4. The lowest BCUT2D eigenvalue weighted by Gasteiger charge is -2.36. The predicted octanol–water partition coefficient (Wildman–Crippen LogP) is 3.81. The highest BCUT2D eigenvalue weighted by atomic mass is 32.2. The number of hydrogen-bond donors (Lipinski definition) is 1. The van der Waals surface area contributed by atoms with Crippen LogP contribution in [0.25, 0.3) is 0 Å². The Labute approximate surface area is 199 Å². The Morgan fingerprint density at radius 3 is 2.76 bits per heavy atom. The van der Waals surface area contributed by atoms with E-state index in [1.807, 2.05) is 30.3 Å². The van der Waals surface area contributed by atoms with Gasteiger partial charge in [0.1, 0.15) is 11.2 Å². The van der Waals surface area contributed by atoms with Gasteiger partial charge in [-0.15, -0.1) is 11.8 Å². The molecule has 2 saturated heterocycles. The number of nitro groups is 1. The van der Waals surface area contributed by atoms with E-state index < -0.39 is 22.3 Å². The van der Waals surface area contributed by atoms with Gasteiger partial charge < -0.3 is 5.32 Å². The topological polar surface area (TPSA) is 105 Å². The van der Waals surface area contributed by atoms with E-state index >= 15 is 0 Å². The molecule has 9 heteroatoms. The molecule has 6 rings (SSSR count). The fraction of sp³-hybridized carbons (Fsp3) is 0.240. The zero-order valence-electron chi connectivity index (χ0n) is 18.0. The molecule has 1 amide bonds. The number of carbonyl (C=O) groups is 2. The van der Waals surface area contributed by atoms with E-state index in [0.717, 1.165) is 11.3 Å². The number of nitro benzene ring substituents is 1. The second-order valence-corrected chi connectivity index (χ2v) is 9.74. The minimum absolute atomic E-state index is 0.0315. The molecule has 4 heterocycles. The van der Waals surface area contributed by atoms with E-state index in [2.05, 4.69) is 15.2 Å². The summed E-state index contributed by atoms with van der Waals surface area (Å²) >= 11 is 1.71. The van der Waals surface area contributed by atoms with Crippen molar-refractivity contribution in [2.45, 2.75) is 17.5 Å². The molecule has 0 unspecified atom stereocenters. The number of aromatic nitrogens is 1. The summed E-state index contributed by atoms with van der Waals surface area (Å²) in [5, 5.41) is 14.6. The standard InChI is InChI=1S/C25H20N4O4S/c30-23(19-10-3-4-11-26-19)22-21(15-6-5-7-16(12-15)29(32)33)20-13-34-14-28(20)25(22)17-8-1-2-9-18(17)27-24(25)31/h1-12,20-22H,13-14H2,(H,27,31)/t20-,21-,22-,25-/m1/s1. The first-order valence-corrected chi connectivity index (χ1v) is 12.1. The van der Waals surface area contributed by atoms with Gasteiger partial charge in [-0.05, 0) is 23.8 Å².